The Hall–Kier alpha value is -1.54. The van der Waals surface area contributed by atoms with Crippen LogP contribution in [0.5, 0.6) is 0 Å². The lowest BCUT2D eigenvalue weighted by atomic mass is 9.98. The van der Waals surface area contributed by atoms with E-state index >= 15 is 0 Å². The first kappa shape index (κ1) is 11.5. The predicted molar refractivity (Wildman–Crippen MR) is 60.1 cm³/mol. The minimum Gasteiger partial charge on any atom is -0.465 e. The van der Waals surface area contributed by atoms with Crippen LogP contribution in [0.4, 0.5) is 9.93 Å². The summed E-state index contributed by atoms with van der Waals surface area (Å²) in [7, 11) is 0. The van der Waals surface area contributed by atoms with E-state index in [1.165, 1.54) is 11.3 Å². The van der Waals surface area contributed by atoms with Gasteiger partial charge in [0.15, 0.2) is 5.13 Å². The van der Waals surface area contributed by atoms with E-state index in [0.717, 1.165) is 0 Å². The van der Waals surface area contributed by atoms with E-state index in [1.54, 1.807) is 5.38 Å². The van der Waals surface area contributed by atoms with Crippen molar-refractivity contribution in [3.8, 4) is 11.8 Å². The molecule has 0 saturated heterocycles. The van der Waals surface area contributed by atoms with Crippen LogP contribution in [0.1, 0.15) is 26.5 Å². The van der Waals surface area contributed by atoms with E-state index in [-0.39, 0.29) is 5.41 Å². The highest BCUT2D eigenvalue weighted by molar-refractivity contribution is 7.14. The molecule has 0 aliphatic heterocycles. The minimum absolute atomic E-state index is 0.0794. The third kappa shape index (κ3) is 4.47. The number of nitrogens with one attached hydrogen (secondary N) is 1. The standard InChI is InChI=1S/C10H12N2O2S/c1-10(2,3)5-4-7-6-15-8(11-7)12-9(13)14/h6H,1-3H3,(H,11,12)(H,13,14). The second kappa shape index (κ2) is 4.32. The first-order valence-corrected chi connectivity index (χ1v) is 5.23. The summed E-state index contributed by atoms with van der Waals surface area (Å²) in [4.78, 5) is 14.3. The molecule has 0 radical (unpaired) electrons. The van der Waals surface area contributed by atoms with Crippen molar-refractivity contribution in [3.05, 3.63) is 11.1 Å². The largest absolute Gasteiger partial charge is 0.465 e. The van der Waals surface area contributed by atoms with Gasteiger partial charge in [-0.25, -0.2) is 9.78 Å². The average Bonchev–Trinajstić information content (AvgIpc) is 2.46. The maximum atomic E-state index is 10.3. The van der Waals surface area contributed by atoms with Crippen LogP contribution in [0.3, 0.4) is 0 Å². The Morgan fingerprint density at radius 2 is 2.27 bits per heavy atom. The monoisotopic (exact) mass is 224 g/mol. The molecule has 80 valence electrons. The van der Waals surface area contributed by atoms with E-state index in [0.29, 0.717) is 10.8 Å². The average molecular weight is 224 g/mol. The highest BCUT2D eigenvalue weighted by Gasteiger charge is 2.05. The molecule has 0 aromatic carbocycles. The third-order valence-electron chi connectivity index (χ3n) is 1.28. The van der Waals surface area contributed by atoms with Crippen molar-refractivity contribution in [1.29, 1.82) is 0 Å². The molecule has 1 amide bonds. The SMILES string of the molecule is CC(C)(C)C#Cc1csc(NC(=O)O)n1. The lowest BCUT2D eigenvalue weighted by Crippen LogP contribution is -2.06. The predicted octanol–water partition coefficient (Wildman–Crippen LogP) is 2.63. The maximum Gasteiger partial charge on any atom is 0.410 e. The van der Waals surface area contributed by atoms with E-state index < -0.39 is 6.09 Å². The number of thiazole rings is 1. The fourth-order valence-electron chi connectivity index (χ4n) is 0.732. The minimum atomic E-state index is -1.11. The molecule has 0 aliphatic rings. The van der Waals surface area contributed by atoms with Gasteiger partial charge in [0.2, 0.25) is 0 Å². The van der Waals surface area contributed by atoms with Crippen LogP contribution < -0.4 is 5.32 Å². The van der Waals surface area contributed by atoms with Gasteiger partial charge in [0.25, 0.3) is 0 Å². The lowest BCUT2D eigenvalue weighted by molar-refractivity contribution is 0.209. The lowest BCUT2D eigenvalue weighted by Gasteiger charge is -2.06. The first-order valence-electron chi connectivity index (χ1n) is 4.35. The van der Waals surface area contributed by atoms with Crippen LogP contribution in [0.15, 0.2) is 5.38 Å². The van der Waals surface area contributed by atoms with Gasteiger partial charge in [-0.2, -0.15) is 0 Å². The van der Waals surface area contributed by atoms with Crippen LogP contribution in [0, 0.1) is 17.3 Å². The highest BCUT2D eigenvalue weighted by atomic mass is 32.1. The number of amides is 1. The molecule has 0 saturated carbocycles. The van der Waals surface area contributed by atoms with Gasteiger partial charge in [0.1, 0.15) is 5.69 Å². The fourth-order valence-corrected chi connectivity index (χ4v) is 1.36. The molecule has 1 heterocycles. The molecule has 4 nitrogen and oxygen atoms in total. The van der Waals surface area contributed by atoms with Crippen molar-refractivity contribution < 1.29 is 9.90 Å². The molecule has 0 bridgehead atoms. The van der Waals surface area contributed by atoms with Crippen LogP contribution in [0.25, 0.3) is 0 Å². The van der Waals surface area contributed by atoms with Gasteiger partial charge in [-0.3, -0.25) is 5.32 Å². The molecule has 2 N–H and O–H groups in total. The van der Waals surface area contributed by atoms with Gasteiger partial charge < -0.3 is 5.11 Å². The van der Waals surface area contributed by atoms with Gasteiger partial charge in [-0.15, -0.1) is 11.3 Å². The number of carbonyl (C=O) groups is 1. The zero-order valence-corrected chi connectivity index (χ0v) is 9.60. The summed E-state index contributed by atoms with van der Waals surface area (Å²) in [5.41, 5.74) is 0.517. The summed E-state index contributed by atoms with van der Waals surface area (Å²) in [6, 6.07) is 0. The first-order chi connectivity index (χ1) is 6.87. The number of aromatic nitrogens is 1. The van der Waals surface area contributed by atoms with Gasteiger partial charge >= 0.3 is 6.09 Å². The van der Waals surface area contributed by atoms with Crippen molar-refractivity contribution in [2.24, 2.45) is 5.41 Å². The Morgan fingerprint density at radius 3 is 2.80 bits per heavy atom. The summed E-state index contributed by atoms with van der Waals surface area (Å²) < 4.78 is 0. The number of hydrogen-bond acceptors (Lipinski definition) is 3. The topological polar surface area (TPSA) is 62.2 Å². The molecule has 5 heteroatoms. The normalized spacial score (nSPS) is 10.3. The van der Waals surface area contributed by atoms with E-state index in [9.17, 15) is 4.79 Å². The molecule has 1 aromatic heterocycles. The van der Waals surface area contributed by atoms with Crippen molar-refractivity contribution in [3.63, 3.8) is 0 Å². The zero-order valence-electron chi connectivity index (χ0n) is 8.79. The number of nitrogens with zero attached hydrogens (tertiary/aromatic N) is 1. The Kier molecular flexibility index (Phi) is 3.32. The van der Waals surface area contributed by atoms with Crippen molar-refractivity contribution in [2.75, 3.05) is 5.32 Å². The Morgan fingerprint density at radius 1 is 1.60 bits per heavy atom. The Labute approximate surface area is 92.4 Å². The molecule has 1 aromatic rings. The van der Waals surface area contributed by atoms with Crippen LogP contribution >= 0.6 is 11.3 Å². The molecule has 0 unspecified atom stereocenters. The second-order valence-electron chi connectivity index (χ2n) is 3.97. The Balaban J connectivity index is 2.75. The molecule has 0 fully saturated rings. The molecule has 15 heavy (non-hydrogen) atoms. The molecular weight excluding hydrogens is 212 g/mol. The van der Waals surface area contributed by atoms with Gasteiger partial charge in [-0.1, -0.05) is 5.92 Å². The molecule has 0 spiro atoms. The van der Waals surface area contributed by atoms with Gasteiger partial charge in [0.05, 0.1) is 0 Å². The molecule has 0 atom stereocenters. The smallest absolute Gasteiger partial charge is 0.410 e. The number of anilines is 1. The van der Waals surface area contributed by atoms with Crippen LogP contribution in [-0.4, -0.2) is 16.2 Å². The van der Waals surface area contributed by atoms with Crippen molar-refractivity contribution >= 4 is 22.6 Å². The summed E-state index contributed by atoms with van der Waals surface area (Å²) >= 11 is 1.22. The summed E-state index contributed by atoms with van der Waals surface area (Å²) in [5, 5.41) is 12.7. The van der Waals surface area contributed by atoms with Crippen LogP contribution in [0.2, 0.25) is 0 Å². The highest BCUT2D eigenvalue weighted by Crippen LogP contribution is 2.15. The van der Waals surface area contributed by atoms with Crippen LogP contribution in [-0.2, 0) is 0 Å². The van der Waals surface area contributed by atoms with Crippen molar-refractivity contribution in [1.82, 2.24) is 4.98 Å². The number of rotatable bonds is 1. The second-order valence-corrected chi connectivity index (χ2v) is 4.83. The third-order valence-corrected chi connectivity index (χ3v) is 2.04. The van der Waals surface area contributed by atoms with Crippen molar-refractivity contribution in [2.45, 2.75) is 20.8 Å². The number of hydrogen-bond donors (Lipinski definition) is 2. The number of carboxylic acid groups (broad SMARTS) is 1. The zero-order chi connectivity index (χ0) is 11.5. The maximum absolute atomic E-state index is 10.3. The summed E-state index contributed by atoms with van der Waals surface area (Å²) in [5.74, 6) is 5.92. The van der Waals surface area contributed by atoms with Gasteiger partial charge in [0, 0.05) is 10.8 Å². The fraction of sp³-hybridized carbons (Fsp3) is 0.400. The van der Waals surface area contributed by atoms with E-state index in [4.69, 9.17) is 5.11 Å². The summed E-state index contributed by atoms with van der Waals surface area (Å²) in [6.07, 6.45) is -1.11. The van der Waals surface area contributed by atoms with E-state index in [2.05, 4.69) is 22.1 Å². The quantitative estimate of drug-likeness (QED) is 0.721. The Bertz CT molecular complexity index is 421. The van der Waals surface area contributed by atoms with E-state index in [1.807, 2.05) is 20.8 Å². The molecule has 1 rings (SSSR count). The molecular formula is C10H12N2O2S. The summed E-state index contributed by atoms with van der Waals surface area (Å²) in [6.45, 7) is 6.01. The van der Waals surface area contributed by atoms with Gasteiger partial charge in [-0.05, 0) is 26.7 Å². The molecule has 0 aliphatic carbocycles.